The van der Waals surface area contributed by atoms with E-state index in [1.807, 2.05) is 4.90 Å². The number of carbonyl (C=O) groups is 1. The molecule has 4 heterocycles. The molecule has 2 saturated heterocycles. The van der Waals surface area contributed by atoms with Crippen LogP contribution in [0.15, 0.2) is 41.1 Å². The molecule has 0 spiro atoms. The number of hydrogen-bond acceptors (Lipinski definition) is 6. The largest absolute Gasteiger partial charge is 0.478 e. The van der Waals surface area contributed by atoms with Gasteiger partial charge in [-0.15, -0.1) is 0 Å². The van der Waals surface area contributed by atoms with Crippen molar-refractivity contribution in [1.82, 2.24) is 10.1 Å². The normalized spacial score (nSPS) is 26.8. The second-order valence-corrected chi connectivity index (χ2v) is 11.5. The summed E-state index contributed by atoms with van der Waals surface area (Å²) in [4.78, 5) is 17.4. The quantitative estimate of drug-likeness (QED) is 0.298. The Bertz CT molecular complexity index is 1550. The van der Waals surface area contributed by atoms with Gasteiger partial charge in [0, 0.05) is 41.2 Å². The number of aromatic nitrogens is 2. The van der Waals surface area contributed by atoms with Crippen LogP contribution < -0.4 is 4.90 Å². The molecule has 7 nitrogen and oxygen atoms in total. The molecule has 2 aliphatic carbocycles. The van der Waals surface area contributed by atoms with E-state index in [4.69, 9.17) is 9.26 Å². The number of alkyl halides is 6. The lowest BCUT2D eigenvalue weighted by atomic mass is 9.99. The molecule has 2 bridgehead atoms. The van der Waals surface area contributed by atoms with E-state index in [-0.39, 0.29) is 59.6 Å². The number of pyridine rings is 1. The fraction of sp³-hybridized carbons (Fsp3) is 0.483. The van der Waals surface area contributed by atoms with Crippen molar-refractivity contribution in [3.63, 3.8) is 0 Å². The molecule has 2 aliphatic heterocycles. The van der Waals surface area contributed by atoms with Gasteiger partial charge in [-0.25, -0.2) is 9.78 Å². The molecule has 42 heavy (non-hydrogen) atoms. The number of aromatic carboxylic acids is 1. The van der Waals surface area contributed by atoms with Crippen LogP contribution in [-0.2, 0) is 23.7 Å². The van der Waals surface area contributed by atoms with Gasteiger partial charge in [-0.1, -0.05) is 23.4 Å². The highest BCUT2D eigenvalue weighted by atomic mass is 19.4. The van der Waals surface area contributed by atoms with Crippen LogP contribution >= 0.6 is 0 Å². The van der Waals surface area contributed by atoms with Gasteiger partial charge >= 0.3 is 18.3 Å². The van der Waals surface area contributed by atoms with E-state index < -0.39 is 35.0 Å². The van der Waals surface area contributed by atoms with Crippen molar-refractivity contribution in [2.75, 3.05) is 4.90 Å². The SMILES string of the molecule is O=C(O)c1cnc(N2C3CCC2C2C(C3)[C@@H]2OCc2c(-c3ccccc3C(F)(F)F)noc2C2CC2)cc1C(F)(F)F. The Hall–Kier alpha value is -3.61. The molecule has 2 saturated carbocycles. The van der Waals surface area contributed by atoms with Crippen LogP contribution in [-0.4, -0.2) is 39.4 Å². The molecule has 4 fully saturated rings. The Kier molecular flexibility index (Phi) is 6.13. The Morgan fingerprint density at radius 1 is 1.05 bits per heavy atom. The fourth-order valence-electron chi connectivity index (χ4n) is 7.04. The van der Waals surface area contributed by atoms with E-state index in [0.717, 1.165) is 44.0 Å². The summed E-state index contributed by atoms with van der Waals surface area (Å²) in [5.74, 6) is -0.821. The highest BCUT2D eigenvalue weighted by Gasteiger charge is 2.63. The Balaban J connectivity index is 1.13. The van der Waals surface area contributed by atoms with Crippen LogP contribution in [0.1, 0.15) is 70.8 Å². The molecule has 0 radical (unpaired) electrons. The van der Waals surface area contributed by atoms with Gasteiger partial charge in [0.05, 0.1) is 29.4 Å². The minimum absolute atomic E-state index is 0.00850. The van der Waals surface area contributed by atoms with E-state index >= 15 is 0 Å². The van der Waals surface area contributed by atoms with Gasteiger partial charge in [-0.3, -0.25) is 0 Å². The Morgan fingerprint density at radius 2 is 1.79 bits per heavy atom. The predicted octanol–water partition coefficient (Wildman–Crippen LogP) is 6.92. The van der Waals surface area contributed by atoms with E-state index in [9.17, 15) is 36.2 Å². The molecular weight excluding hydrogens is 568 g/mol. The lowest BCUT2D eigenvalue weighted by molar-refractivity contribution is -0.138. The lowest BCUT2D eigenvalue weighted by Gasteiger charge is -2.35. The first kappa shape index (κ1) is 27.2. The highest BCUT2D eigenvalue weighted by Crippen LogP contribution is 2.59. The van der Waals surface area contributed by atoms with Crippen molar-refractivity contribution in [2.24, 2.45) is 11.8 Å². The third kappa shape index (κ3) is 4.52. The van der Waals surface area contributed by atoms with Gasteiger partial charge in [0.25, 0.3) is 0 Å². The molecule has 7 rings (SSSR count). The first-order chi connectivity index (χ1) is 19.9. The van der Waals surface area contributed by atoms with Crippen molar-refractivity contribution in [3.05, 3.63) is 64.5 Å². The molecule has 4 unspecified atom stereocenters. The summed E-state index contributed by atoms with van der Waals surface area (Å²) >= 11 is 0. The van der Waals surface area contributed by atoms with Crippen molar-refractivity contribution in [2.45, 2.75) is 75.2 Å². The average molecular weight is 594 g/mol. The Labute approximate surface area is 235 Å². The predicted molar refractivity (Wildman–Crippen MR) is 135 cm³/mol. The third-order valence-electron chi connectivity index (χ3n) is 9.05. The molecule has 4 aliphatic rings. The van der Waals surface area contributed by atoms with Crippen LogP contribution in [0.4, 0.5) is 32.2 Å². The standard InChI is InChI=1S/C29H25F6N3O4/c30-28(31,32)19-4-2-1-3-15(19)24-18(25(42-37-24)13-5-6-13)12-41-26-16-9-14-7-8-21(23(16)26)38(14)22-10-20(29(33,34)35)17(11-36-22)27(39)40/h1-4,10-11,13-14,16,21,23,26H,5-9,12H2,(H,39,40)/t14?,16?,21?,23?,26-/m0/s1. The van der Waals surface area contributed by atoms with Gasteiger partial charge < -0.3 is 19.3 Å². The number of ether oxygens (including phenoxy) is 1. The maximum Gasteiger partial charge on any atom is 0.417 e. The summed E-state index contributed by atoms with van der Waals surface area (Å²) in [6, 6.07) is 5.82. The summed E-state index contributed by atoms with van der Waals surface area (Å²) in [5, 5.41) is 13.3. The zero-order chi connectivity index (χ0) is 29.6. The molecule has 1 N–H and O–H groups in total. The minimum Gasteiger partial charge on any atom is -0.478 e. The topological polar surface area (TPSA) is 88.7 Å². The number of carboxylic acids is 1. The second-order valence-electron chi connectivity index (χ2n) is 11.5. The van der Waals surface area contributed by atoms with Crippen LogP contribution in [0.25, 0.3) is 11.3 Å². The molecule has 0 amide bonds. The van der Waals surface area contributed by atoms with Crippen LogP contribution in [0.5, 0.6) is 0 Å². The summed E-state index contributed by atoms with van der Waals surface area (Å²) < 4.78 is 94.3. The number of hydrogen-bond donors (Lipinski definition) is 1. The number of fused-ring (bicyclic) bond motifs is 4. The van der Waals surface area contributed by atoms with E-state index in [1.54, 1.807) is 0 Å². The summed E-state index contributed by atoms with van der Waals surface area (Å²) in [6.45, 7) is 0.00961. The van der Waals surface area contributed by atoms with Gasteiger partial charge in [0.2, 0.25) is 0 Å². The lowest BCUT2D eigenvalue weighted by Crippen LogP contribution is -2.42. The smallest absolute Gasteiger partial charge is 0.417 e. The van der Waals surface area contributed by atoms with Gasteiger partial charge in [-0.05, 0) is 50.2 Å². The van der Waals surface area contributed by atoms with Gasteiger partial charge in [-0.2, -0.15) is 26.3 Å². The zero-order valence-corrected chi connectivity index (χ0v) is 22.0. The highest BCUT2D eigenvalue weighted by molar-refractivity contribution is 5.89. The van der Waals surface area contributed by atoms with E-state index in [2.05, 4.69) is 10.1 Å². The molecule has 2 aromatic heterocycles. The number of benzene rings is 1. The second kappa shape index (κ2) is 9.45. The number of carboxylic acid groups (broad SMARTS) is 1. The van der Waals surface area contributed by atoms with Crippen LogP contribution in [0.3, 0.4) is 0 Å². The van der Waals surface area contributed by atoms with Crippen LogP contribution in [0.2, 0.25) is 0 Å². The average Bonchev–Trinajstić information content (AvgIpc) is 3.83. The monoisotopic (exact) mass is 593 g/mol. The minimum atomic E-state index is -4.85. The molecular formula is C29H25F6N3O4. The Morgan fingerprint density at radius 3 is 2.48 bits per heavy atom. The van der Waals surface area contributed by atoms with Gasteiger partial charge in [0.1, 0.15) is 17.3 Å². The first-order valence-electron chi connectivity index (χ1n) is 13.8. The zero-order valence-electron chi connectivity index (χ0n) is 22.0. The molecule has 13 heteroatoms. The van der Waals surface area contributed by atoms with Crippen molar-refractivity contribution in [3.8, 4) is 11.3 Å². The maximum absolute atomic E-state index is 13.8. The summed E-state index contributed by atoms with van der Waals surface area (Å²) in [5.41, 5.74) is -2.41. The molecule has 3 aromatic rings. The van der Waals surface area contributed by atoms with Crippen LogP contribution in [0, 0.1) is 11.8 Å². The van der Waals surface area contributed by atoms with Gasteiger partial charge in [0.15, 0.2) is 0 Å². The number of rotatable bonds is 7. The fourth-order valence-corrected chi connectivity index (χ4v) is 7.04. The summed E-state index contributed by atoms with van der Waals surface area (Å²) in [6.07, 6.45) is -5.04. The van der Waals surface area contributed by atoms with Crippen molar-refractivity contribution >= 4 is 11.8 Å². The van der Waals surface area contributed by atoms with E-state index in [0.29, 0.717) is 17.7 Å². The van der Waals surface area contributed by atoms with E-state index in [1.165, 1.54) is 18.2 Å². The first-order valence-corrected chi connectivity index (χ1v) is 13.8. The summed E-state index contributed by atoms with van der Waals surface area (Å²) in [7, 11) is 0. The van der Waals surface area contributed by atoms with Crippen molar-refractivity contribution in [1.29, 1.82) is 0 Å². The number of halogens is 6. The number of nitrogens with zero attached hydrogens (tertiary/aromatic N) is 3. The van der Waals surface area contributed by atoms with Crippen molar-refractivity contribution < 1.29 is 45.5 Å². The molecule has 1 aromatic carbocycles. The molecule has 222 valence electrons. The number of piperidine rings is 1. The maximum atomic E-state index is 13.8. The number of anilines is 1. The third-order valence-corrected chi connectivity index (χ3v) is 9.05. The molecule has 5 atom stereocenters.